The predicted octanol–water partition coefficient (Wildman–Crippen LogP) is 1.24. The lowest BCUT2D eigenvalue weighted by atomic mass is 10.2. The summed E-state index contributed by atoms with van der Waals surface area (Å²) in [5.41, 5.74) is 0. The fourth-order valence-corrected chi connectivity index (χ4v) is 2.19. The Labute approximate surface area is 93.2 Å². The van der Waals surface area contributed by atoms with E-state index in [-0.39, 0.29) is 5.91 Å². The van der Waals surface area contributed by atoms with Gasteiger partial charge in [-0.3, -0.25) is 4.79 Å². The molecule has 2 heterocycles. The van der Waals surface area contributed by atoms with Crippen molar-refractivity contribution in [2.75, 3.05) is 13.1 Å². The molecule has 1 fully saturated rings. The summed E-state index contributed by atoms with van der Waals surface area (Å²) < 4.78 is 0. The van der Waals surface area contributed by atoms with E-state index < -0.39 is 0 Å². The molecule has 1 aliphatic heterocycles. The molecule has 0 saturated carbocycles. The molecule has 0 spiro atoms. The Balaban J connectivity index is 1.81. The van der Waals surface area contributed by atoms with Crippen LogP contribution in [-0.4, -0.2) is 25.0 Å². The van der Waals surface area contributed by atoms with E-state index in [1.807, 2.05) is 23.6 Å². The highest BCUT2D eigenvalue weighted by molar-refractivity contribution is 7.10. The zero-order valence-corrected chi connectivity index (χ0v) is 9.22. The summed E-state index contributed by atoms with van der Waals surface area (Å²) in [6, 6.07) is 4.26. The van der Waals surface area contributed by atoms with Crippen LogP contribution >= 0.6 is 11.3 Å². The molecular weight excluding hydrogens is 208 g/mol. The van der Waals surface area contributed by atoms with Gasteiger partial charge in [-0.15, -0.1) is 11.3 Å². The first-order valence-corrected chi connectivity index (χ1v) is 5.95. The van der Waals surface area contributed by atoms with Gasteiger partial charge in [-0.25, -0.2) is 0 Å². The second kappa shape index (κ2) is 5.09. The summed E-state index contributed by atoms with van der Waals surface area (Å²) in [5, 5.41) is 8.17. The Bertz CT molecular complexity index is 339. The number of carbonyl (C=O) groups is 1. The van der Waals surface area contributed by atoms with Gasteiger partial charge >= 0.3 is 0 Å². The van der Waals surface area contributed by atoms with E-state index in [1.165, 1.54) is 0 Å². The van der Waals surface area contributed by atoms with Crippen LogP contribution < -0.4 is 10.6 Å². The maximum Gasteiger partial charge on any atom is 0.244 e. The minimum absolute atomic E-state index is 0.00269. The van der Waals surface area contributed by atoms with E-state index in [0.29, 0.717) is 6.04 Å². The summed E-state index contributed by atoms with van der Waals surface area (Å²) in [6.07, 6.45) is 4.48. The minimum atomic E-state index is -0.00269. The van der Waals surface area contributed by atoms with E-state index in [2.05, 4.69) is 10.6 Å². The Kier molecular flexibility index (Phi) is 3.53. The number of rotatable bonds is 3. The molecule has 1 amide bonds. The molecule has 2 rings (SSSR count). The van der Waals surface area contributed by atoms with Gasteiger partial charge in [0.25, 0.3) is 0 Å². The number of amides is 1. The topological polar surface area (TPSA) is 41.1 Å². The van der Waals surface area contributed by atoms with Gasteiger partial charge in [0.05, 0.1) is 0 Å². The van der Waals surface area contributed by atoms with Gasteiger partial charge in [-0.2, -0.15) is 0 Å². The average Bonchev–Trinajstić information content (AvgIpc) is 2.86. The number of nitrogens with one attached hydrogen (secondary N) is 2. The normalized spacial score (nSPS) is 20.9. The van der Waals surface area contributed by atoms with Crippen LogP contribution in [0.2, 0.25) is 0 Å². The number of thiophene rings is 1. The first-order valence-electron chi connectivity index (χ1n) is 5.07. The van der Waals surface area contributed by atoms with Gasteiger partial charge in [-0.1, -0.05) is 6.07 Å². The molecule has 1 atom stereocenters. The fraction of sp³-hybridized carbons (Fsp3) is 0.364. The third-order valence-electron chi connectivity index (χ3n) is 2.35. The van der Waals surface area contributed by atoms with Crippen molar-refractivity contribution in [2.24, 2.45) is 0 Å². The Morgan fingerprint density at radius 1 is 1.67 bits per heavy atom. The summed E-state index contributed by atoms with van der Waals surface area (Å²) in [5.74, 6) is -0.00269. The third kappa shape index (κ3) is 3.18. The molecule has 1 aromatic heterocycles. The van der Waals surface area contributed by atoms with Crippen LogP contribution in [0.15, 0.2) is 23.6 Å². The average molecular weight is 222 g/mol. The van der Waals surface area contributed by atoms with E-state index in [0.717, 1.165) is 24.4 Å². The molecule has 4 heteroatoms. The molecule has 0 bridgehead atoms. The minimum Gasteiger partial charge on any atom is -0.348 e. The van der Waals surface area contributed by atoms with Gasteiger partial charge < -0.3 is 10.6 Å². The maximum absolute atomic E-state index is 11.5. The molecule has 0 radical (unpaired) electrons. The fourth-order valence-electron chi connectivity index (χ4n) is 1.57. The molecule has 3 nitrogen and oxygen atoms in total. The summed E-state index contributed by atoms with van der Waals surface area (Å²) in [7, 11) is 0. The highest BCUT2D eigenvalue weighted by atomic mass is 32.1. The molecule has 1 aliphatic rings. The van der Waals surface area contributed by atoms with Crippen molar-refractivity contribution >= 4 is 23.3 Å². The second-order valence-electron chi connectivity index (χ2n) is 3.55. The van der Waals surface area contributed by atoms with Crippen LogP contribution in [0.5, 0.6) is 0 Å². The molecule has 0 aliphatic carbocycles. The van der Waals surface area contributed by atoms with Crippen molar-refractivity contribution < 1.29 is 4.79 Å². The summed E-state index contributed by atoms with van der Waals surface area (Å²) >= 11 is 1.63. The van der Waals surface area contributed by atoms with Crippen LogP contribution in [0.4, 0.5) is 0 Å². The lowest BCUT2D eigenvalue weighted by molar-refractivity contribution is -0.117. The van der Waals surface area contributed by atoms with E-state index in [1.54, 1.807) is 17.4 Å². The molecule has 15 heavy (non-hydrogen) atoms. The van der Waals surface area contributed by atoms with Crippen molar-refractivity contribution in [1.82, 2.24) is 10.6 Å². The standard InChI is InChI=1S/C11H14N2OS/c14-11(13-9-5-6-12-8-9)4-3-10-2-1-7-15-10/h1-4,7,9,12H,5-6,8H2,(H,13,14)/t9-/m1/s1. The molecule has 1 saturated heterocycles. The van der Waals surface area contributed by atoms with Crippen LogP contribution in [0.3, 0.4) is 0 Å². The van der Waals surface area contributed by atoms with E-state index in [9.17, 15) is 4.79 Å². The quantitative estimate of drug-likeness (QED) is 0.755. The maximum atomic E-state index is 11.5. The van der Waals surface area contributed by atoms with E-state index in [4.69, 9.17) is 0 Å². The highest BCUT2D eigenvalue weighted by Gasteiger charge is 2.14. The van der Waals surface area contributed by atoms with Gasteiger partial charge in [0.1, 0.15) is 0 Å². The Hall–Kier alpha value is -1.13. The van der Waals surface area contributed by atoms with Crippen molar-refractivity contribution in [3.63, 3.8) is 0 Å². The van der Waals surface area contributed by atoms with Crippen LogP contribution in [0, 0.1) is 0 Å². The summed E-state index contributed by atoms with van der Waals surface area (Å²) in [6.45, 7) is 1.89. The number of hydrogen-bond acceptors (Lipinski definition) is 3. The van der Waals surface area contributed by atoms with Crippen molar-refractivity contribution in [3.05, 3.63) is 28.5 Å². The monoisotopic (exact) mass is 222 g/mol. The second-order valence-corrected chi connectivity index (χ2v) is 4.53. The Morgan fingerprint density at radius 3 is 3.27 bits per heavy atom. The lowest BCUT2D eigenvalue weighted by Gasteiger charge is -2.08. The van der Waals surface area contributed by atoms with Crippen LogP contribution in [0.1, 0.15) is 11.3 Å². The lowest BCUT2D eigenvalue weighted by Crippen LogP contribution is -2.34. The number of carbonyl (C=O) groups excluding carboxylic acids is 1. The SMILES string of the molecule is O=C(C=Cc1cccs1)N[C@@H]1CCNC1. The van der Waals surface area contributed by atoms with Gasteiger partial charge in [0.15, 0.2) is 0 Å². The predicted molar refractivity (Wildman–Crippen MR) is 62.8 cm³/mol. The first-order chi connectivity index (χ1) is 7.34. The smallest absolute Gasteiger partial charge is 0.244 e. The molecule has 80 valence electrons. The molecule has 0 aromatic carbocycles. The van der Waals surface area contributed by atoms with Crippen molar-refractivity contribution in [1.29, 1.82) is 0 Å². The van der Waals surface area contributed by atoms with Crippen molar-refractivity contribution in [2.45, 2.75) is 12.5 Å². The molecule has 1 aromatic rings. The van der Waals surface area contributed by atoms with Crippen LogP contribution in [-0.2, 0) is 4.79 Å². The molecule has 0 unspecified atom stereocenters. The van der Waals surface area contributed by atoms with Gasteiger partial charge in [0, 0.05) is 23.5 Å². The van der Waals surface area contributed by atoms with Crippen molar-refractivity contribution in [3.8, 4) is 0 Å². The Morgan fingerprint density at radius 2 is 2.60 bits per heavy atom. The third-order valence-corrected chi connectivity index (χ3v) is 3.19. The summed E-state index contributed by atoms with van der Waals surface area (Å²) in [4.78, 5) is 12.6. The van der Waals surface area contributed by atoms with Crippen LogP contribution in [0.25, 0.3) is 6.08 Å². The first kappa shape index (κ1) is 10.4. The number of hydrogen-bond donors (Lipinski definition) is 2. The highest BCUT2D eigenvalue weighted by Crippen LogP contribution is 2.09. The largest absolute Gasteiger partial charge is 0.348 e. The van der Waals surface area contributed by atoms with Gasteiger partial charge in [0.2, 0.25) is 5.91 Å². The molecular formula is C11H14N2OS. The van der Waals surface area contributed by atoms with E-state index >= 15 is 0 Å². The zero-order valence-electron chi connectivity index (χ0n) is 8.40. The zero-order chi connectivity index (χ0) is 10.5. The molecule has 2 N–H and O–H groups in total. The van der Waals surface area contributed by atoms with Gasteiger partial charge in [-0.05, 0) is 30.5 Å².